The summed E-state index contributed by atoms with van der Waals surface area (Å²) in [5, 5.41) is 0. The number of rotatable bonds is 5. The minimum absolute atomic E-state index is 0.366. The largest absolute Gasteiger partial charge is 0.353 e. The predicted octanol–water partition coefficient (Wildman–Crippen LogP) is 3.79. The minimum atomic E-state index is 0.366. The first kappa shape index (κ1) is 20.2. The zero-order valence-corrected chi connectivity index (χ0v) is 18.8. The summed E-state index contributed by atoms with van der Waals surface area (Å²) < 4.78 is 2.26. The van der Waals surface area contributed by atoms with Crippen LogP contribution in [-0.4, -0.2) is 57.0 Å². The molecule has 0 N–H and O–H groups in total. The fraction of sp³-hybridized carbons (Fsp3) is 0.346. The van der Waals surface area contributed by atoms with E-state index in [1.54, 1.807) is 0 Å². The minimum Gasteiger partial charge on any atom is -0.353 e. The van der Waals surface area contributed by atoms with Crippen molar-refractivity contribution in [1.82, 2.24) is 24.3 Å². The number of piperazine rings is 1. The van der Waals surface area contributed by atoms with Crippen molar-refractivity contribution in [3.8, 4) is 0 Å². The normalized spacial score (nSPS) is 19.5. The first-order chi connectivity index (χ1) is 16.4. The summed E-state index contributed by atoms with van der Waals surface area (Å²) in [5.74, 6) is 2.30. The number of likely N-dealkylation sites (tertiary alicyclic amines) is 1. The SMILES string of the molecule is c1ccc(C2CCCN2Cc2nc3ccccn3c2N2CCN(c3ccccn3)CC2)nc1. The number of pyridine rings is 3. The molecule has 1 atom stereocenters. The lowest BCUT2D eigenvalue weighted by Crippen LogP contribution is -2.47. The van der Waals surface area contributed by atoms with Crippen molar-refractivity contribution in [3.05, 3.63) is 84.6 Å². The van der Waals surface area contributed by atoms with Gasteiger partial charge >= 0.3 is 0 Å². The average Bonchev–Trinajstić information content (AvgIpc) is 3.50. The van der Waals surface area contributed by atoms with Crippen LogP contribution in [0.3, 0.4) is 0 Å². The summed E-state index contributed by atoms with van der Waals surface area (Å²) in [6.07, 6.45) is 8.28. The number of aromatic nitrogens is 4. The zero-order chi connectivity index (χ0) is 22.0. The third-order valence-electron chi connectivity index (χ3n) is 6.87. The van der Waals surface area contributed by atoms with Gasteiger partial charge in [-0.05, 0) is 55.8 Å². The van der Waals surface area contributed by atoms with Crippen LogP contribution < -0.4 is 9.80 Å². The Morgan fingerprint density at radius 3 is 2.36 bits per heavy atom. The van der Waals surface area contributed by atoms with E-state index >= 15 is 0 Å². The van der Waals surface area contributed by atoms with E-state index < -0.39 is 0 Å². The Labute approximate surface area is 194 Å². The van der Waals surface area contributed by atoms with E-state index in [2.05, 4.69) is 77.7 Å². The third-order valence-corrected chi connectivity index (χ3v) is 6.87. The molecule has 168 valence electrons. The highest BCUT2D eigenvalue weighted by molar-refractivity contribution is 5.58. The Morgan fingerprint density at radius 1 is 0.788 bits per heavy atom. The average molecular weight is 440 g/mol. The molecule has 2 aliphatic heterocycles. The summed E-state index contributed by atoms with van der Waals surface area (Å²) in [4.78, 5) is 21.7. The molecule has 7 heteroatoms. The molecule has 0 aromatic carbocycles. The van der Waals surface area contributed by atoms with Crippen LogP contribution in [0.15, 0.2) is 73.2 Å². The summed E-state index contributed by atoms with van der Waals surface area (Å²) >= 11 is 0. The van der Waals surface area contributed by atoms with E-state index in [-0.39, 0.29) is 0 Å². The van der Waals surface area contributed by atoms with Gasteiger partial charge in [0.05, 0.1) is 17.4 Å². The number of hydrogen-bond acceptors (Lipinski definition) is 6. The van der Waals surface area contributed by atoms with Crippen LogP contribution in [0.4, 0.5) is 11.6 Å². The maximum absolute atomic E-state index is 5.09. The van der Waals surface area contributed by atoms with Gasteiger partial charge in [-0.15, -0.1) is 0 Å². The molecule has 2 saturated heterocycles. The van der Waals surface area contributed by atoms with Crippen molar-refractivity contribution in [2.75, 3.05) is 42.5 Å². The number of anilines is 2. The third kappa shape index (κ3) is 3.93. The van der Waals surface area contributed by atoms with Gasteiger partial charge in [0.1, 0.15) is 17.3 Å². The van der Waals surface area contributed by atoms with Gasteiger partial charge in [-0.3, -0.25) is 14.3 Å². The highest BCUT2D eigenvalue weighted by Gasteiger charge is 2.30. The Hall–Kier alpha value is -3.45. The second-order valence-electron chi connectivity index (χ2n) is 8.86. The molecule has 1 unspecified atom stereocenters. The first-order valence-electron chi connectivity index (χ1n) is 11.9. The van der Waals surface area contributed by atoms with Gasteiger partial charge in [-0.25, -0.2) is 9.97 Å². The predicted molar refractivity (Wildman–Crippen MR) is 130 cm³/mol. The quantitative estimate of drug-likeness (QED) is 0.472. The van der Waals surface area contributed by atoms with Crippen molar-refractivity contribution >= 4 is 17.3 Å². The second kappa shape index (κ2) is 8.83. The van der Waals surface area contributed by atoms with Gasteiger partial charge < -0.3 is 9.80 Å². The Morgan fingerprint density at radius 2 is 1.58 bits per heavy atom. The van der Waals surface area contributed by atoms with Gasteiger partial charge in [0.25, 0.3) is 0 Å². The van der Waals surface area contributed by atoms with Crippen LogP contribution in [0.2, 0.25) is 0 Å². The summed E-state index contributed by atoms with van der Waals surface area (Å²) in [5.41, 5.74) is 3.35. The molecule has 4 aromatic heterocycles. The van der Waals surface area contributed by atoms with Crippen molar-refractivity contribution in [3.63, 3.8) is 0 Å². The lowest BCUT2D eigenvalue weighted by Gasteiger charge is -2.37. The summed E-state index contributed by atoms with van der Waals surface area (Å²) in [6, 6.07) is 19.0. The molecule has 6 heterocycles. The molecular weight excluding hydrogens is 410 g/mol. The van der Waals surface area contributed by atoms with Gasteiger partial charge in [0.15, 0.2) is 0 Å². The lowest BCUT2D eigenvalue weighted by molar-refractivity contribution is 0.242. The van der Waals surface area contributed by atoms with Crippen LogP contribution in [-0.2, 0) is 6.54 Å². The molecule has 4 aromatic rings. The Bertz CT molecular complexity index is 1200. The van der Waals surface area contributed by atoms with E-state index in [1.165, 1.54) is 17.9 Å². The van der Waals surface area contributed by atoms with Crippen molar-refractivity contribution in [1.29, 1.82) is 0 Å². The van der Waals surface area contributed by atoms with E-state index in [1.807, 2.05) is 24.5 Å². The number of hydrogen-bond donors (Lipinski definition) is 0. The zero-order valence-electron chi connectivity index (χ0n) is 18.8. The highest BCUT2D eigenvalue weighted by Crippen LogP contribution is 2.34. The van der Waals surface area contributed by atoms with Crippen LogP contribution in [0.5, 0.6) is 0 Å². The standard InChI is InChI=1S/C26H29N7/c1-4-12-27-21(8-1)23-9-7-14-32(23)20-22-26(33-15-6-3-11-25(33)29-22)31-18-16-30(17-19-31)24-10-2-5-13-28-24/h1-6,8,10-13,15,23H,7,9,14,16-20H2. The van der Waals surface area contributed by atoms with Crippen LogP contribution in [0.1, 0.15) is 30.3 Å². The van der Waals surface area contributed by atoms with Crippen LogP contribution in [0, 0.1) is 0 Å². The second-order valence-corrected chi connectivity index (χ2v) is 8.86. The molecule has 2 aliphatic rings. The van der Waals surface area contributed by atoms with Gasteiger partial charge in [0.2, 0.25) is 0 Å². The molecule has 7 nitrogen and oxygen atoms in total. The van der Waals surface area contributed by atoms with Gasteiger partial charge in [-0.1, -0.05) is 18.2 Å². The summed E-state index contributed by atoms with van der Waals surface area (Å²) in [6.45, 7) is 5.75. The fourth-order valence-electron chi connectivity index (χ4n) is 5.28. The molecule has 33 heavy (non-hydrogen) atoms. The first-order valence-corrected chi connectivity index (χ1v) is 11.9. The van der Waals surface area contributed by atoms with Gasteiger partial charge in [0, 0.05) is 51.3 Å². The summed E-state index contributed by atoms with van der Waals surface area (Å²) in [7, 11) is 0. The van der Waals surface area contributed by atoms with Gasteiger partial charge in [-0.2, -0.15) is 0 Å². The molecule has 0 amide bonds. The van der Waals surface area contributed by atoms with Crippen LogP contribution in [0.25, 0.3) is 5.65 Å². The van der Waals surface area contributed by atoms with E-state index in [4.69, 9.17) is 4.98 Å². The van der Waals surface area contributed by atoms with E-state index in [9.17, 15) is 0 Å². The molecular formula is C26H29N7. The maximum Gasteiger partial charge on any atom is 0.138 e. The van der Waals surface area contributed by atoms with Crippen molar-refractivity contribution in [2.24, 2.45) is 0 Å². The number of fused-ring (bicyclic) bond motifs is 1. The number of imidazole rings is 1. The Balaban J connectivity index is 1.27. The van der Waals surface area contributed by atoms with E-state index in [0.29, 0.717) is 6.04 Å². The molecule has 0 radical (unpaired) electrons. The molecule has 0 spiro atoms. The lowest BCUT2D eigenvalue weighted by atomic mass is 10.1. The fourth-order valence-corrected chi connectivity index (χ4v) is 5.28. The highest BCUT2D eigenvalue weighted by atomic mass is 15.3. The molecule has 6 rings (SSSR count). The molecule has 0 bridgehead atoms. The van der Waals surface area contributed by atoms with Crippen molar-refractivity contribution in [2.45, 2.75) is 25.4 Å². The number of nitrogens with zero attached hydrogens (tertiary/aromatic N) is 7. The molecule has 0 aliphatic carbocycles. The van der Waals surface area contributed by atoms with E-state index in [0.717, 1.165) is 62.8 Å². The Kier molecular flexibility index (Phi) is 5.40. The smallest absolute Gasteiger partial charge is 0.138 e. The van der Waals surface area contributed by atoms with Crippen molar-refractivity contribution < 1.29 is 0 Å². The maximum atomic E-state index is 5.09. The topological polar surface area (TPSA) is 52.8 Å². The monoisotopic (exact) mass is 439 g/mol. The molecule has 2 fully saturated rings. The van der Waals surface area contributed by atoms with Crippen LogP contribution >= 0.6 is 0 Å². The molecule has 0 saturated carbocycles.